The number of benzene rings is 1. The van der Waals surface area contributed by atoms with E-state index in [0.717, 1.165) is 5.56 Å². The van der Waals surface area contributed by atoms with E-state index < -0.39 is 58.5 Å². The van der Waals surface area contributed by atoms with Crippen molar-refractivity contribution >= 4 is 35.2 Å². The number of amides is 3. The number of ether oxygens (including phenoxy) is 2. The molecular weight excluding hydrogens is 460 g/mol. The number of hydrogen-bond donors (Lipinski definition) is 2. The molecule has 0 radical (unpaired) electrons. The van der Waals surface area contributed by atoms with E-state index >= 15 is 0 Å². The highest BCUT2D eigenvalue weighted by atomic mass is 32.1. The van der Waals surface area contributed by atoms with Gasteiger partial charge in [0, 0.05) is 11.8 Å². The van der Waals surface area contributed by atoms with Gasteiger partial charge in [-0.15, -0.1) is 11.3 Å². The molecule has 2 fully saturated rings. The van der Waals surface area contributed by atoms with Crippen LogP contribution in [-0.4, -0.2) is 64.1 Å². The molecule has 6 atom stereocenters. The molecule has 0 bridgehead atoms. The van der Waals surface area contributed by atoms with Crippen molar-refractivity contribution in [1.29, 1.82) is 0 Å². The summed E-state index contributed by atoms with van der Waals surface area (Å²) in [6.07, 6.45) is -1.22. The summed E-state index contributed by atoms with van der Waals surface area (Å²) in [4.78, 5) is 57.3. The third kappa shape index (κ3) is 4.22. The molecule has 3 N–H and O–H groups in total. The van der Waals surface area contributed by atoms with E-state index in [2.05, 4.69) is 10.3 Å². The van der Waals surface area contributed by atoms with Crippen LogP contribution in [0.15, 0.2) is 41.2 Å². The Morgan fingerprint density at radius 1 is 1.32 bits per heavy atom. The average Bonchev–Trinajstić information content (AvgIpc) is 3.55. The normalized spacial score (nSPS) is 29.2. The maximum Gasteiger partial charge on any atom is 0.408 e. The number of likely N-dealkylation sites (tertiary alicyclic amines) is 1. The smallest absolute Gasteiger partial charge is 0.408 e. The second-order valence-electron chi connectivity index (χ2n) is 8.64. The van der Waals surface area contributed by atoms with Gasteiger partial charge >= 0.3 is 23.9 Å². The predicted molar refractivity (Wildman–Crippen MR) is 121 cm³/mol. The van der Waals surface area contributed by atoms with Crippen LogP contribution in [0.25, 0.3) is 0 Å². The molecule has 2 aliphatic heterocycles. The van der Waals surface area contributed by atoms with E-state index in [-0.39, 0.29) is 13.2 Å². The molecule has 180 valence electrons. The summed E-state index contributed by atoms with van der Waals surface area (Å²) in [7, 11) is 0. The molecule has 2 aliphatic rings. The first-order valence-corrected chi connectivity index (χ1v) is 12.0. The minimum absolute atomic E-state index is 0.0137. The molecule has 2 saturated heterocycles. The number of esters is 1. The first-order valence-electron chi connectivity index (χ1n) is 11.0. The number of aromatic nitrogens is 1. The summed E-state index contributed by atoms with van der Waals surface area (Å²) in [6, 6.07) is 5.79. The van der Waals surface area contributed by atoms with E-state index in [4.69, 9.17) is 15.2 Å². The maximum atomic E-state index is 14.0. The van der Waals surface area contributed by atoms with Crippen LogP contribution >= 0.6 is 11.3 Å². The lowest BCUT2D eigenvalue weighted by atomic mass is 9.95. The van der Waals surface area contributed by atoms with Crippen molar-refractivity contribution in [2.24, 2.45) is 5.73 Å². The Balaban J connectivity index is 1.75. The van der Waals surface area contributed by atoms with Crippen LogP contribution in [0, 0.1) is 0 Å². The number of imide groups is 1. The first kappa shape index (κ1) is 24.0. The number of carbonyl (C=O) groups is 4. The molecule has 2 aromatic rings. The summed E-state index contributed by atoms with van der Waals surface area (Å²) in [6.45, 7) is 3.06. The van der Waals surface area contributed by atoms with Crippen molar-refractivity contribution in [3.8, 4) is 0 Å². The van der Waals surface area contributed by atoms with Gasteiger partial charge in [-0.05, 0) is 19.4 Å². The Bertz CT molecular complexity index is 1080. The summed E-state index contributed by atoms with van der Waals surface area (Å²) in [5.41, 5.74) is 9.00. The number of thiazole rings is 1. The van der Waals surface area contributed by atoms with Crippen molar-refractivity contribution in [3.63, 3.8) is 0 Å². The monoisotopic (exact) mass is 487 g/mol. The fraction of sp³-hybridized carbons (Fsp3) is 0.435. The number of nitrogens with zero attached hydrogens (tertiary/aromatic N) is 2. The molecule has 0 saturated carbocycles. The number of rotatable bonds is 6. The molecule has 34 heavy (non-hydrogen) atoms. The van der Waals surface area contributed by atoms with E-state index in [1.165, 1.54) is 18.3 Å². The SMILES string of the molecule is CC1OC(=O)NC1C(=O)[N@@+]1(C(=O)[C@H](C)N)CC[C@H](c2cscn2)[C@H]1C(=O)OCc1ccccc1. The number of cyclic esters (lactones) is 1. The minimum atomic E-state index is -1.19. The lowest BCUT2D eigenvalue weighted by Gasteiger charge is -2.37. The predicted octanol–water partition coefficient (Wildman–Crippen LogP) is 1.46. The molecule has 10 nitrogen and oxygen atoms in total. The van der Waals surface area contributed by atoms with Gasteiger partial charge in [-0.25, -0.2) is 24.2 Å². The number of carbonyl (C=O) groups excluding carboxylic acids is 4. The highest BCUT2D eigenvalue weighted by Gasteiger charge is 2.66. The summed E-state index contributed by atoms with van der Waals surface area (Å²) in [5.74, 6) is -2.48. The third-order valence-electron chi connectivity index (χ3n) is 6.42. The Kier molecular flexibility index (Phi) is 6.78. The fourth-order valence-corrected chi connectivity index (χ4v) is 5.43. The van der Waals surface area contributed by atoms with Gasteiger partial charge in [-0.3, -0.25) is 0 Å². The van der Waals surface area contributed by atoms with E-state index in [1.54, 1.807) is 17.8 Å². The van der Waals surface area contributed by atoms with E-state index in [9.17, 15) is 19.2 Å². The first-order chi connectivity index (χ1) is 16.3. The fourth-order valence-electron chi connectivity index (χ4n) is 4.81. The van der Waals surface area contributed by atoms with E-state index in [0.29, 0.717) is 12.1 Å². The molecule has 0 aliphatic carbocycles. The van der Waals surface area contributed by atoms with Crippen molar-refractivity contribution in [2.45, 2.75) is 57.0 Å². The van der Waals surface area contributed by atoms with Crippen LogP contribution in [0.5, 0.6) is 0 Å². The zero-order chi connectivity index (χ0) is 24.5. The quantitative estimate of drug-likeness (QED) is 0.461. The van der Waals surface area contributed by atoms with Gasteiger partial charge in [0.1, 0.15) is 18.8 Å². The highest BCUT2D eigenvalue weighted by molar-refractivity contribution is 7.07. The lowest BCUT2D eigenvalue weighted by Crippen LogP contribution is -2.70. The average molecular weight is 488 g/mol. The van der Waals surface area contributed by atoms with Crippen molar-refractivity contribution < 1.29 is 33.1 Å². The Morgan fingerprint density at radius 2 is 2.06 bits per heavy atom. The maximum absolute atomic E-state index is 14.0. The second kappa shape index (κ2) is 9.61. The van der Waals surface area contributed by atoms with Gasteiger partial charge in [0.2, 0.25) is 6.04 Å². The summed E-state index contributed by atoms with van der Waals surface area (Å²) in [5, 5.41) is 4.28. The van der Waals surface area contributed by atoms with E-state index in [1.807, 2.05) is 30.3 Å². The van der Waals surface area contributed by atoms with Gasteiger partial charge in [0.15, 0.2) is 6.04 Å². The number of alkyl carbamates (subject to hydrolysis) is 1. The topological polar surface area (TPSA) is 138 Å². The Morgan fingerprint density at radius 3 is 2.65 bits per heavy atom. The van der Waals surface area contributed by atoms with Crippen LogP contribution in [-0.2, 0) is 30.5 Å². The van der Waals surface area contributed by atoms with Crippen LogP contribution < -0.4 is 11.1 Å². The van der Waals surface area contributed by atoms with Crippen LogP contribution in [0.2, 0.25) is 0 Å². The third-order valence-corrected chi connectivity index (χ3v) is 7.03. The number of nitrogens with one attached hydrogen (secondary N) is 1. The largest absolute Gasteiger partial charge is 0.456 e. The molecule has 1 aromatic heterocycles. The molecule has 1 aromatic carbocycles. The molecular formula is C23H27N4O6S+. The van der Waals surface area contributed by atoms with Gasteiger partial charge in [0.05, 0.1) is 23.7 Å². The van der Waals surface area contributed by atoms with Gasteiger partial charge in [-0.1, -0.05) is 30.3 Å². The zero-order valence-corrected chi connectivity index (χ0v) is 19.7. The summed E-state index contributed by atoms with van der Waals surface area (Å²) >= 11 is 1.36. The minimum Gasteiger partial charge on any atom is -0.456 e. The Labute approximate surface area is 200 Å². The number of nitrogens with two attached hydrogens (primary N) is 1. The van der Waals surface area contributed by atoms with Crippen molar-refractivity contribution in [1.82, 2.24) is 10.3 Å². The molecule has 3 heterocycles. The summed E-state index contributed by atoms with van der Waals surface area (Å²) < 4.78 is 9.88. The van der Waals surface area contributed by atoms with Gasteiger partial charge < -0.3 is 20.5 Å². The van der Waals surface area contributed by atoms with Crippen molar-refractivity contribution in [2.75, 3.05) is 6.54 Å². The van der Waals surface area contributed by atoms with Crippen molar-refractivity contribution in [3.05, 3.63) is 52.5 Å². The molecule has 11 heteroatoms. The standard InChI is InChI=1S/C23H26N4O6S/c1-13(24)20(28)27(21(29)18-14(2)33-23(31)26-18)9-8-16(17-11-34-12-25-17)19(27)22(30)32-10-15-6-4-3-5-7-15/h3-7,11-14,16,18-19H,8-10,24H2,1-2H3/p+1/t13-,14?,16+,18?,19-,27-/m0/s1. The molecule has 0 spiro atoms. The zero-order valence-electron chi connectivity index (χ0n) is 18.9. The van der Waals surface area contributed by atoms with Crippen LogP contribution in [0.1, 0.15) is 37.4 Å². The number of hydrogen-bond acceptors (Lipinski definition) is 9. The number of quaternary nitrogens is 1. The Hall–Kier alpha value is -3.15. The second-order valence-corrected chi connectivity index (χ2v) is 9.36. The lowest BCUT2D eigenvalue weighted by molar-refractivity contribution is -0.785. The highest BCUT2D eigenvalue weighted by Crippen LogP contribution is 2.42. The van der Waals surface area contributed by atoms with Crippen LogP contribution in [0.3, 0.4) is 0 Å². The van der Waals surface area contributed by atoms with Gasteiger partial charge in [-0.2, -0.15) is 4.48 Å². The molecule has 2 unspecified atom stereocenters. The van der Waals surface area contributed by atoms with Gasteiger partial charge in [0.25, 0.3) is 0 Å². The molecule has 3 amide bonds. The van der Waals surface area contributed by atoms with Crippen LogP contribution in [0.4, 0.5) is 4.79 Å². The molecule has 4 rings (SSSR count).